The van der Waals surface area contributed by atoms with Gasteiger partial charge in [0, 0.05) is 0 Å². The van der Waals surface area contributed by atoms with E-state index in [1.165, 1.54) is 13.2 Å². The summed E-state index contributed by atoms with van der Waals surface area (Å²) in [6.45, 7) is 3.65. The Hall–Kier alpha value is -1.57. The first-order chi connectivity index (χ1) is 6.79. The summed E-state index contributed by atoms with van der Waals surface area (Å²) in [4.78, 5) is 11.5. The molecule has 0 unspecified atom stereocenters. The van der Waals surface area contributed by atoms with Crippen LogP contribution in [0.25, 0.3) is 0 Å². The van der Waals surface area contributed by atoms with Crippen molar-refractivity contribution in [1.82, 2.24) is 0 Å². The standard InChI is InChI=1S/C12H14O2/c1-3-4-7-10-8-5-6-9-11(13)12(10)14-2/h3,5-6,8-9H,1,4,7H2,2H3. The van der Waals surface area contributed by atoms with Gasteiger partial charge >= 0.3 is 0 Å². The van der Waals surface area contributed by atoms with Gasteiger partial charge in [-0.2, -0.15) is 0 Å². The molecule has 0 amide bonds. The number of hydrogen-bond donors (Lipinski definition) is 0. The molecule has 0 radical (unpaired) electrons. The zero-order valence-corrected chi connectivity index (χ0v) is 8.32. The molecule has 0 fully saturated rings. The highest BCUT2D eigenvalue weighted by atomic mass is 16.5. The number of rotatable bonds is 4. The van der Waals surface area contributed by atoms with Crippen LogP contribution in [-0.4, -0.2) is 7.11 Å². The second-order valence-electron chi connectivity index (χ2n) is 2.97. The van der Waals surface area contributed by atoms with Crippen LogP contribution in [0.3, 0.4) is 0 Å². The van der Waals surface area contributed by atoms with Crippen LogP contribution < -0.4 is 10.2 Å². The van der Waals surface area contributed by atoms with Gasteiger partial charge in [-0.1, -0.05) is 24.3 Å². The number of methoxy groups -OCH3 is 1. The monoisotopic (exact) mass is 190 g/mol. The molecule has 14 heavy (non-hydrogen) atoms. The average molecular weight is 190 g/mol. The van der Waals surface area contributed by atoms with Gasteiger partial charge in [0.05, 0.1) is 7.11 Å². The predicted octanol–water partition coefficient (Wildman–Crippen LogP) is 2.17. The summed E-state index contributed by atoms with van der Waals surface area (Å²) in [5, 5.41) is 0. The molecule has 74 valence electrons. The van der Waals surface area contributed by atoms with Gasteiger partial charge in [-0.15, -0.1) is 6.58 Å². The van der Waals surface area contributed by atoms with Gasteiger partial charge in [0.25, 0.3) is 0 Å². The van der Waals surface area contributed by atoms with Crippen molar-refractivity contribution in [3.05, 3.63) is 52.7 Å². The summed E-state index contributed by atoms with van der Waals surface area (Å²) < 4.78 is 5.09. The number of hydrogen-bond acceptors (Lipinski definition) is 2. The van der Waals surface area contributed by atoms with E-state index in [0.29, 0.717) is 5.75 Å². The van der Waals surface area contributed by atoms with Crippen molar-refractivity contribution in [2.75, 3.05) is 7.11 Å². The zero-order valence-electron chi connectivity index (χ0n) is 8.32. The smallest absolute Gasteiger partial charge is 0.220 e. The first-order valence-electron chi connectivity index (χ1n) is 4.56. The average Bonchev–Trinajstić information content (AvgIpc) is 2.36. The summed E-state index contributed by atoms with van der Waals surface area (Å²) in [5.74, 6) is 0.442. The second kappa shape index (κ2) is 5.22. The van der Waals surface area contributed by atoms with Crippen LogP contribution in [0.1, 0.15) is 12.0 Å². The first-order valence-corrected chi connectivity index (χ1v) is 4.56. The van der Waals surface area contributed by atoms with Gasteiger partial charge in [0.15, 0.2) is 5.75 Å². The van der Waals surface area contributed by atoms with Crippen LogP contribution >= 0.6 is 0 Å². The molecule has 1 aromatic carbocycles. The topological polar surface area (TPSA) is 26.3 Å². The molecule has 0 saturated heterocycles. The Morgan fingerprint density at radius 3 is 2.79 bits per heavy atom. The normalized spacial score (nSPS) is 9.50. The Labute approximate surface area is 83.9 Å². The lowest BCUT2D eigenvalue weighted by atomic mass is 10.1. The molecule has 0 aliphatic carbocycles. The van der Waals surface area contributed by atoms with Crippen LogP contribution in [0.5, 0.6) is 5.75 Å². The summed E-state index contributed by atoms with van der Waals surface area (Å²) in [6, 6.07) is 6.99. The van der Waals surface area contributed by atoms with E-state index in [1.807, 2.05) is 18.2 Å². The Morgan fingerprint density at radius 1 is 1.43 bits per heavy atom. The molecule has 0 aliphatic heterocycles. The van der Waals surface area contributed by atoms with Gasteiger partial charge in [0.1, 0.15) is 0 Å². The third-order valence-electron chi connectivity index (χ3n) is 1.99. The lowest BCUT2D eigenvalue weighted by Crippen LogP contribution is -2.03. The van der Waals surface area contributed by atoms with Crippen LogP contribution in [0.2, 0.25) is 0 Å². The lowest BCUT2D eigenvalue weighted by Gasteiger charge is -2.01. The van der Waals surface area contributed by atoms with Gasteiger partial charge in [-0.3, -0.25) is 4.79 Å². The van der Waals surface area contributed by atoms with E-state index in [-0.39, 0.29) is 5.43 Å². The SMILES string of the molecule is C=CCCc1ccccc(=O)c1OC. The van der Waals surface area contributed by atoms with E-state index in [0.717, 1.165) is 18.4 Å². The van der Waals surface area contributed by atoms with Crippen molar-refractivity contribution >= 4 is 0 Å². The minimum Gasteiger partial charge on any atom is -0.492 e. The molecule has 0 aliphatic rings. The molecule has 0 heterocycles. The molecular formula is C12H14O2. The summed E-state index contributed by atoms with van der Waals surface area (Å²) in [5.41, 5.74) is 0.860. The van der Waals surface area contributed by atoms with Gasteiger partial charge in [-0.25, -0.2) is 0 Å². The molecule has 1 rings (SSSR count). The summed E-state index contributed by atoms with van der Waals surface area (Å²) in [7, 11) is 1.52. The third kappa shape index (κ3) is 2.46. The number of aryl methyl sites for hydroxylation is 1. The molecule has 2 heteroatoms. The van der Waals surface area contributed by atoms with E-state index in [4.69, 9.17) is 4.74 Å². The van der Waals surface area contributed by atoms with E-state index in [9.17, 15) is 4.79 Å². The zero-order chi connectivity index (χ0) is 10.4. The minimum absolute atomic E-state index is 0.0726. The van der Waals surface area contributed by atoms with Crippen LogP contribution in [0.4, 0.5) is 0 Å². The molecular weight excluding hydrogens is 176 g/mol. The van der Waals surface area contributed by atoms with Crippen molar-refractivity contribution < 1.29 is 4.74 Å². The fourth-order valence-corrected chi connectivity index (χ4v) is 1.31. The van der Waals surface area contributed by atoms with Crippen molar-refractivity contribution in [2.45, 2.75) is 12.8 Å². The Morgan fingerprint density at radius 2 is 2.14 bits per heavy atom. The molecule has 0 N–H and O–H groups in total. The number of ether oxygens (including phenoxy) is 1. The van der Waals surface area contributed by atoms with E-state index >= 15 is 0 Å². The second-order valence-corrected chi connectivity index (χ2v) is 2.97. The van der Waals surface area contributed by atoms with Gasteiger partial charge < -0.3 is 4.74 Å². The highest BCUT2D eigenvalue weighted by molar-refractivity contribution is 5.32. The Bertz CT molecular complexity index is 369. The maximum absolute atomic E-state index is 11.5. The predicted molar refractivity (Wildman–Crippen MR) is 57.8 cm³/mol. The quantitative estimate of drug-likeness (QED) is 0.680. The molecule has 2 nitrogen and oxygen atoms in total. The first kappa shape index (κ1) is 10.5. The fraction of sp³-hybridized carbons (Fsp3) is 0.250. The van der Waals surface area contributed by atoms with Crippen molar-refractivity contribution in [3.63, 3.8) is 0 Å². The van der Waals surface area contributed by atoms with Crippen LogP contribution in [0, 0.1) is 0 Å². The molecule has 0 spiro atoms. The summed E-state index contributed by atoms with van der Waals surface area (Å²) in [6.07, 6.45) is 3.47. The van der Waals surface area contributed by atoms with Crippen molar-refractivity contribution in [2.24, 2.45) is 0 Å². The lowest BCUT2D eigenvalue weighted by molar-refractivity contribution is 0.406. The van der Waals surface area contributed by atoms with Gasteiger partial charge in [0.2, 0.25) is 5.43 Å². The minimum atomic E-state index is -0.0726. The molecule has 0 saturated carbocycles. The van der Waals surface area contributed by atoms with Crippen LogP contribution in [0.15, 0.2) is 41.7 Å². The van der Waals surface area contributed by atoms with Crippen molar-refractivity contribution in [1.29, 1.82) is 0 Å². The fourth-order valence-electron chi connectivity index (χ4n) is 1.31. The van der Waals surface area contributed by atoms with E-state index in [1.54, 1.807) is 6.07 Å². The van der Waals surface area contributed by atoms with Crippen LogP contribution in [-0.2, 0) is 6.42 Å². The molecule has 0 aromatic heterocycles. The largest absolute Gasteiger partial charge is 0.492 e. The number of allylic oxidation sites excluding steroid dienone is 1. The maximum atomic E-state index is 11.5. The van der Waals surface area contributed by atoms with Gasteiger partial charge in [-0.05, 0) is 24.5 Å². The highest BCUT2D eigenvalue weighted by Crippen LogP contribution is 2.13. The van der Waals surface area contributed by atoms with Crippen molar-refractivity contribution in [3.8, 4) is 5.75 Å². The Balaban J connectivity index is 3.14. The van der Waals surface area contributed by atoms with E-state index in [2.05, 4.69) is 6.58 Å². The third-order valence-corrected chi connectivity index (χ3v) is 1.99. The maximum Gasteiger partial charge on any atom is 0.220 e. The highest BCUT2D eigenvalue weighted by Gasteiger charge is 2.03. The Kier molecular flexibility index (Phi) is 3.92. The molecule has 0 bridgehead atoms. The summed E-state index contributed by atoms with van der Waals surface area (Å²) >= 11 is 0. The van der Waals surface area contributed by atoms with E-state index < -0.39 is 0 Å². The molecule has 0 atom stereocenters. The molecule has 1 aromatic rings.